The van der Waals surface area contributed by atoms with Crippen LogP contribution < -0.4 is 4.74 Å². The number of nitrogens with one attached hydrogen (secondary N) is 1. The Bertz CT molecular complexity index is 1440. The summed E-state index contributed by atoms with van der Waals surface area (Å²) in [7, 11) is 0. The largest absolute Gasteiger partial charge is 0.457 e. The smallest absolute Gasteiger partial charge is 0.159 e. The minimum absolute atomic E-state index is 0.0103. The highest BCUT2D eigenvalue weighted by Crippen LogP contribution is 2.32. The lowest BCUT2D eigenvalue weighted by Crippen LogP contribution is -1.98. The van der Waals surface area contributed by atoms with Gasteiger partial charge in [0.2, 0.25) is 0 Å². The number of carbonyl (C=O) groups is 1. The molecule has 0 fully saturated rings. The Morgan fingerprint density at radius 2 is 1.70 bits per heavy atom. The van der Waals surface area contributed by atoms with Crippen LogP contribution in [0.2, 0.25) is 0 Å². The van der Waals surface area contributed by atoms with Crippen LogP contribution in [0.4, 0.5) is 0 Å². The molecule has 5 heteroatoms. The SMILES string of the molecule is C=CC(=O)Cc1cccc(-c2cc3cn[nH]c3c(-c3ccc(Oc4ccccc4)cc3)n2)c1. The van der Waals surface area contributed by atoms with E-state index >= 15 is 0 Å². The molecular formula is C28H21N3O2. The van der Waals surface area contributed by atoms with E-state index in [9.17, 15) is 4.79 Å². The van der Waals surface area contributed by atoms with Gasteiger partial charge in [-0.05, 0) is 60.2 Å². The highest BCUT2D eigenvalue weighted by Gasteiger charge is 2.13. The highest BCUT2D eigenvalue weighted by molar-refractivity contribution is 5.94. The van der Waals surface area contributed by atoms with Crippen molar-refractivity contribution < 1.29 is 9.53 Å². The topological polar surface area (TPSA) is 67.9 Å². The third kappa shape index (κ3) is 4.43. The van der Waals surface area contributed by atoms with Gasteiger partial charge in [0.05, 0.1) is 23.1 Å². The van der Waals surface area contributed by atoms with Crippen LogP contribution in [0.15, 0.2) is 104 Å². The lowest BCUT2D eigenvalue weighted by molar-refractivity contribution is -0.114. The van der Waals surface area contributed by atoms with Crippen molar-refractivity contribution in [2.75, 3.05) is 0 Å². The summed E-state index contributed by atoms with van der Waals surface area (Å²) in [4.78, 5) is 16.7. The van der Waals surface area contributed by atoms with Gasteiger partial charge in [-0.15, -0.1) is 0 Å². The Balaban J connectivity index is 1.51. The predicted molar refractivity (Wildman–Crippen MR) is 130 cm³/mol. The second kappa shape index (κ2) is 8.93. The van der Waals surface area contributed by atoms with Gasteiger partial charge in [-0.2, -0.15) is 5.10 Å². The predicted octanol–water partition coefficient (Wildman–Crippen LogP) is 6.38. The lowest BCUT2D eigenvalue weighted by Gasteiger charge is -2.10. The number of ether oxygens (including phenoxy) is 1. The number of carbonyl (C=O) groups excluding carboxylic acids is 1. The number of ketones is 1. The zero-order valence-electron chi connectivity index (χ0n) is 17.9. The van der Waals surface area contributed by atoms with Gasteiger partial charge in [-0.3, -0.25) is 9.89 Å². The van der Waals surface area contributed by atoms with Gasteiger partial charge >= 0.3 is 0 Å². The van der Waals surface area contributed by atoms with Crippen LogP contribution in [-0.2, 0) is 11.2 Å². The fraction of sp³-hybridized carbons (Fsp3) is 0.0357. The lowest BCUT2D eigenvalue weighted by atomic mass is 10.0. The fourth-order valence-electron chi connectivity index (χ4n) is 3.73. The molecule has 0 bridgehead atoms. The van der Waals surface area contributed by atoms with E-state index in [4.69, 9.17) is 9.72 Å². The summed E-state index contributed by atoms with van der Waals surface area (Å²) >= 11 is 0. The van der Waals surface area contributed by atoms with E-state index in [0.717, 1.165) is 50.5 Å². The molecular weight excluding hydrogens is 410 g/mol. The van der Waals surface area contributed by atoms with Crippen LogP contribution >= 0.6 is 0 Å². The van der Waals surface area contributed by atoms with E-state index in [1.165, 1.54) is 6.08 Å². The molecule has 1 N–H and O–H groups in total. The third-order valence-electron chi connectivity index (χ3n) is 5.37. The number of rotatable bonds is 7. The van der Waals surface area contributed by atoms with E-state index in [2.05, 4.69) is 16.8 Å². The van der Waals surface area contributed by atoms with Gasteiger partial charge in [-0.1, -0.05) is 43.0 Å². The molecule has 5 rings (SSSR count). The third-order valence-corrected chi connectivity index (χ3v) is 5.37. The number of allylic oxidation sites excluding steroid dienone is 1. The standard InChI is InChI=1S/C28H21N3O2/c1-2-23(32)16-19-7-6-8-21(15-19)26-17-22-18-29-31-28(22)27(30-26)20-11-13-25(14-12-20)33-24-9-4-3-5-10-24/h2-15,17-18H,1,16H2,(H,29,31). The molecule has 0 saturated carbocycles. The van der Waals surface area contributed by atoms with Crippen LogP contribution in [0.5, 0.6) is 11.5 Å². The van der Waals surface area contributed by atoms with Gasteiger partial charge in [-0.25, -0.2) is 4.98 Å². The Morgan fingerprint density at radius 1 is 0.909 bits per heavy atom. The second-order valence-corrected chi connectivity index (χ2v) is 7.68. The highest BCUT2D eigenvalue weighted by atomic mass is 16.5. The zero-order valence-corrected chi connectivity index (χ0v) is 17.9. The van der Waals surface area contributed by atoms with Gasteiger partial charge in [0.25, 0.3) is 0 Å². The monoisotopic (exact) mass is 431 g/mol. The number of pyridine rings is 1. The van der Waals surface area contributed by atoms with Crippen molar-refractivity contribution in [3.8, 4) is 34.0 Å². The molecule has 2 heterocycles. The molecule has 0 radical (unpaired) electrons. The van der Waals surface area contributed by atoms with Crippen molar-refractivity contribution in [1.82, 2.24) is 15.2 Å². The summed E-state index contributed by atoms with van der Waals surface area (Å²) < 4.78 is 5.91. The van der Waals surface area contributed by atoms with Crippen LogP contribution in [0.25, 0.3) is 33.4 Å². The van der Waals surface area contributed by atoms with Gasteiger partial charge in [0.1, 0.15) is 11.5 Å². The van der Waals surface area contributed by atoms with Gasteiger partial charge < -0.3 is 4.74 Å². The molecule has 5 aromatic rings. The molecule has 0 aliphatic heterocycles. The maximum absolute atomic E-state index is 11.8. The van der Waals surface area contributed by atoms with Crippen LogP contribution in [-0.4, -0.2) is 21.0 Å². The summed E-state index contributed by atoms with van der Waals surface area (Å²) in [6.07, 6.45) is 3.47. The van der Waals surface area contributed by atoms with E-state index in [0.29, 0.717) is 6.42 Å². The van der Waals surface area contributed by atoms with E-state index < -0.39 is 0 Å². The molecule has 0 unspecified atom stereocenters. The number of aromatic amines is 1. The molecule has 0 spiro atoms. The molecule has 160 valence electrons. The maximum atomic E-state index is 11.8. The quantitative estimate of drug-likeness (QED) is 0.304. The summed E-state index contributed by atoms with van der Waals surface area (Å²) in [6, 6.07) is 27.4. The van der Waals surface area contributed by atoms with Crippen LogP contribution in [0.3, 0.4) is 0 Å². The minimum atomic E-state index is -0.0103. The first kappa shape index (κ1) is 20.4. The average molecular weight is 431 g/mol. The van der Waals surface area contributed by atoms with E-state index in [1.807, 2.05) is 84.9 Å². The van der Waals surface area contributed by atoms with Crippen LogP contribution in [0.1, 0.15) is 5.56 Å². The number of fused-ring (bicyclic) bond motifs is 1. The molecule has 2 aromatic heterocycles. The number of aromatic nitrogens is 3. The molecule has 0 aliphatic rings. The zero-order chi connectivity index (χ0) is 22.6. The average Bonchev–Trinajstić information content (AvgIpc) is 3.34. The second-order valence-electron chi connectivity index (χ2n) is 7.68. The van der Waals surface area contributed by atoms with E-state index in [-0.39, 0.29) is 5.78 Å². The Kier molecular flexibility index (Phi) is 5.52. The number of hydrogen-bond acceptors (Lipinski definition) is 4. The van der Waals surface area contributed by atoms with Crippen molar-refractivity contribution in [2.24, 2.45) is 0 Å². The number of benzene rings is 3. The van der Waals surface area contributed by atoms with Gasteiger partial charge in [0.15, 0.2) is 5.78 Å². The number of para-hydroxylation sites is 1. The first-order valence-electron chi connectivity index (χ1n) is 10.6. The fourth-order valence-corrected chi connectivity index (χ4v) is 3.73. The molecule has 0 atom stereocenters. The van der Waals surface area contributed by atoms with Crippen molar-refractivity contribution in [1.29, 1.82) is 0 Å². The summed E-state index contributed by atoms with van der Waals surface area (Å²) in [5, 5.41) is 8.25. The Hall–Kier alpha value is -4.51. The maximum Gasteiger partial charge on any atom is 0.159 e. The first-order chi connectivity index (χ1) is 16.2. The van der Waals surface area contributed by atoms with Crippen molar-refractivity contribution >= 4 is 16.7 Å². The van der Waals surface area contributed by atoms with Crippen LogP contribution in [0, 0.1) is 0 Å². The first-order valence-corrected chi connectivity index (χ1v) is 10.6. The van der Waals surface area contributed by atoms with Crippen molar-refractivity contribution in [3.63, 3.8) is 0 Å². The minimum Gasteiger partial charge on any atom is -0.457 e. The van der Waals surface area contributed by atoms with Crippen molar-refractivity contribution in [3.05, 3.63) is 109 Å². The number of hydrogen-bond donors (Lipinski definition) is 1. The number of nitrogens with zero attached hydrogens (tertiary/aromatic N) is 2. The molecule has 0 amide bonds. The van der Waals surface area contributed by atoms with Crippen molar-refractivity contribution in [2.45, 2.75) is 6.42 Å². The summed E-state index contributed by atoms with van der Waals surface area (Å²) in [6.45, 7) is 3.56. The summed E-state index contributed by atoms with van der Waals surface area (Å²) in [5.41, 5.74) is 5.31. The molecule has 0 saturated heterocycles. The molecule has 5 nitrogen and oxygen atoms in total. The number of H-pyrrole nitrogens is 1. The van der Waals surface area contributed by atoms with Gasteiger partial charge in [0, 0.05) is 22.9 Å². The Morgan fingerprint density at radius 3 is 2.48 bits per heavy atom. The molecule has 0 aliphatic carbocycles. The normalized spacial score (nSPS) is 10.8. The molecule has 33 heavy (non-hydrogen) atoms. The summed E-state index contributed by atoms with van der Waals surface area (Å²) in [5.74, 6) is 1.53. The molecule has 3 aromatic carbocycles. The van der Waals surface area contributed by atoms with E-state index in [1.54, 1.807) is 6.20 Å². The Labute approximate surface area is 191 Å².